The molecule has 0 aliphatic carbocycles. The van der Waals surface area contributed by atoms with E-state index in [9.17, 15) is 27.9 Å². The van der Waals surface area contributed by atoms with E-state index in [1.165, 1.54) is 30.6 Å². The summed E-state index contributed by atoms with van der Waals surface area (Å²) in [4.78, 5) is 40.4. The Labute approximate surface area is 300 Å². The molecule has 0 radical (unpaired) electrons. The Hall–Kier alpha value is -4.66. The number of carbonyl (C=O) groups excluding carboxylic acids is 3. The highest BCUT2D eigenvalue weighted by molar-refractivity contribution is 7.89. The first-order valence-electron chi connectivity index (χ1n) is 17.1. The molecule has 3 atom stereocenters. The quantitative estimate of drug-likeness (QED) is 0.132. The summed E-state index contributed by atoms with van der Waals surface area (Å²) in [5, 5.41) is 15.6. The highest BCUT2D eigenvalue weighted by atomic mass is 32.2. The van der Waals surface area contributed by atoms with Crippen molar-refractivity contribution in [2.45, 2.75) is 69.4 Å². The number of nitrogen functional groups attached to an aromatic ring is 1. The second-order valence-corrected chi connectivity index (χ2v) is 15.0. The van der Waals surface area contributed by atoms with Crippen molar-refractivity contribution < 1.29 is 37.4 Å². The second kappa shape index (κ2) is 18.0. The van der Waals surface area contributed by atoms with Gasteiger partial charge in [-0.05, 0) is 74.4 Å². The molecule has 0 aromatic heterocycles. The number of aliphatic hydroxyl groups is 1. The number of hydrogen-bond donors (Lipinski definition) is 4. The number of carbonyl (C=O) groups is 3. The molecule has 3 amide bonds. The average Bonchev–Trinajstić information content (AvgIpc) is 3.15. The van der Waals surface area contributed by atoms with Gasteiger partial charge < -0.3 is 35.8 Å². The largest absolute Gasteiger partial charge is 0.497 e. The summed E-state index contributed by atoms with van der Waals surface area (Å²) in [6.45, 7) is 3.62. The number of ether oxygens (including phenoxy) is 2. The number of hydrogen-bond acceptors (Lipinski definition) is 9. The molecule has 276 valence electrons. The minimum Gasteiger partial charge on any atom is -0.497 e. The topological polar surface area (TPSA) is 181 Å². The van der Waals surface area contributed by atoms with E-state index in [4.69, 9.17) is 15.2 Å². The van der Waals surface area contributed by atoms with E-state index in [1.807, 2.05) is 6.92 Å². The molecule has 3 aromatic rings. The molecule has 14 heteroatoms. The first-order valence-corrected chi connectivity index (χ1v) is 18.5. The lowest BCUT2D eigenvalue weighted by Gasteiger charge is -2.33. The van der Waals surface area contributed by atoms with Crippen molar-refractivity contribution in [2.75, 3.05) is 50.2 Å². The van der Waals surface area contributed by atoms with Gasteiger partial charge in [-0.2, -0.15) is 4.31 Å². The first kappa shape index (κ1) is 39.1. The molecule has 0 saturated heterocycles. The monoisotopic (exact) mass is 723 g/mol. The van der Waals surface area contributed by atoms with Crippen LogP contribution in [0, 0.1) is 5.92 Å². The SMILES string of the molecule is COc1ccc(S(=O)(=O)N(C)C[C@@H]2Oc3ccc(NC(=O)CCCCCC(=O)Nc4ccccc4N)cc3CC(=O)N([C@H](C)CO)C[C@@H]2C)cc1. The maximum absolute atomic E-state index is 13.6. The number of benzene rings is 3. The number of unbranched alkanes of at least 4 members (excludes halogenated alkanes) is 2. The van der Waals surface area contributed by atoms with Crippen molar-refractivity contribution in [2.24, 2.45) is 5.92 Å². The van der Waals surface area contributed by atoms with Gasteiger partial charge in [0.05, 0.1) is 49.0 Å². The van der Waals surface area contributed by atoms with Crippen molar-refractivity contribution >= 4 is 44.8 Å². The fraction of sp³-hybridized carbons (Fsp3) is 0.432. The van der Waals surface area contributed by atoms with Crippen LogP contribution in [0.5, 0.6) is 11.5 Å². The zero-order valence-electron chi connectivity index (χ0n) is 29.6. The predicted octanol–water partition coefficient (Wildman–Crippen LogP) is 4.27. The third-order valence-corrected chi connectivity index (χ3v) is 10.8. The van der Waals surface area contributed by atoms with Crippen LogP contribution in [0.15, 0.2) is 71.6 Å². The Bertz CT molecular complexity index is 1770. The standard InChI is InChI=1S/C37H49N5O8S/c1-25-22-42(26(2)24-43)37(46)21-27-20-28(39-35(44)12-6-5-7-13-36(45)40-32-11-9-8-10-31(32)38)14-19-33(27)50-34(25)23-41(3)51(47,48)30-17-15-29(49-4)16-18-30/h8-11,14-20,25-26,34,43H,5-7,12-13,21-24,38H2,1-4H3,(H,39,44)(H,40,45)/t25-,26+,34-/m0/s1. The Kier molecular flexibility index (Phi) is 13.8. The van der Waals surface area contributed by atoms with Gasteiger partial charge in [0, 0.05) is 43.6 Å². The summed E-state index contributed by atoms with van der Waals surface area (Å²) in [5.41, 5.74) is 7.97. The average molecular weight is 724 g/mol. The van der Waals surface area contributed by atoms with E-state index in [0.29, 0.717) is 59.8 Å². The number of likely N-dealkylation sites (N-methyl/N-ethyl adjacent to an activating group) is 1. The smallest absolute Gasteiger partial charge is 0.242 e. The fourth-order valence-electron chi connectivity index (χ4n) is 5.80. The van der Waals surface area contributed by atoms with E-state index >= 15 is 0 Å². The number of rotatable bonds is 15. The van der Waals surface area contributed by atoms with E-state index in [2.05, 4.69) is 10.6 Å². The molecule has 4 rings (SSSR count). The van der Waals surface area contributed by atoms with Crippen molar-refractivity contribution in [1.29, 1.82) is 0 Å². The lowest BCUT2D eigenvalue weighted by Crippen LogP contribution is -2.48. The van der Waals surface area contributed by atoms with Crippen LogP contribution in [0.25, 0.3) is 0 Å². The number of methoxy groups -OCH3 is 1. The van der Waals surface area contributed by atoms with Crippen LogP contribution in [-0.2, 0) is 30.8 Å². The second-order valence-electron chi connectivity index (χ2n) is 12.9. The van der Waals surface area contributed by atoms with E-state index < -0.39 is 22.2 Å². The fourth-order valence-corrected chi connectivity index (χ4v) is 6.98. The summed E-state index contributed by atoms with van der Waals surface area (Å²) < 4.78 is 39.8. The number of nitrogens with one attached hydrogen (secondary N) is 2. The number of amides is 3. The van der Waals surface area contributed by atoms with Crippen molar-refractivity contribution in [3.63, 3.8) is 0 Å². The predicted molar refractivity (Wildman–Crippen MR) is 196 cm³/mol. The number of nitrogens with two attached hydrogens (primary N) is 1. The van der Waals surface area contributed by atoms with Gasteiger partial charge in [0.1, 0.15) is 17.6 Å². The maximum atomic E-state index is 13.6. The van der Waals surface area contributed by atoms with Gasteiger partial charge in [-0.1, -0.05) is 25.5 Å². The van der Waals surface area contributed by atoms with Crippen LogP contribution < -0.4 is 25.8 Å². The first-order chi connectivity index (χ1) is 24.3. The van der Waals surface area contributed by atoms with Crippen molar-refractivity contribution in [3.8, 4) is 11.5 Å². The van der Waals surface area contributed by atoms with Crippen LogP contribution in [0.2, 0.25) is 0 Å². The van der Waals surface area contributed by atoms with Crippen LogP contribution >= 0.6 is 0 Å². The Morgan fingerprint density at radius 2 is 1.71 bits per heavy atom. The summed E-state index contributed by atoms with van der Waals surface area (Å²) >= 11 is 0. The van der Waals surface area contributed by atoms with Gasteiger partial charge >= 0.3 is 0 Å². The minimum atomic E-state index is -3.88. The normalized spacial score (nSPS) is 17.0. The Balaban J connectivity index is 1.42. The molecule has 13 nitrogen and oxygen atoms in total. The van der Waals surface area contributed by atoms with Crippen LogP contribution in [0.4, 0.5) is 17.1 Å². The molecule has 51 heavy (non-hydrogen) atoms. The third-order valence-electron chi connectivity index (χ3n) is 8.95. The number of aliphatic hydroxyl groups excluding tert-OH is 1. The summed E-state index contributed by atoms with van der Waals surface area (Å²) in [6, 6.07) is 17.8. The number of sulfonamides is 1. The van der Waals surface area contributed by atoms with E-state index in [0.717, 1.165) is 0 Å². The molecule has 1 heterocycles. The molecular weight excluding hydrogens is 675 g/mol. The molecule has 1 aliphatic heterocycles. The molecule has 5 N–H and O–H groups in total. The van der Waals surface area contributed by atoms with Gasteiger partial charge in [0.15, 0.2) is 0 Å². The highest BCUT2D eigenvalue weighted by Crippen LogP contribution is 2.30. The molecule has 0 bridgehead atoms. The van der Waals surface area contributed by atoms with E-state index in [1.54, 1.807) is 66.4 Å². The zero-order valence-corrected chi connectivity index (χ0v) is 30.4. The van der Waals surface area contributed by atoms with Crippen molar-refractivity contribution in [3.05, 3.63) is 72.3 Å². The van der Waals surface area contributed by atoms with Gasteiger partial charge in [0.25, 0.3) is 0 Å². The third kappa shape index (κ3) is 10.7. The van der Waals surface area contributed by atoms with Gasteiger partial charge in [-0.15, -0.1) is 0 Å². The molecule has 0 saturated carbocycles. The van der Waals surface area contributed by atoms with Crippen LogP contribution in [0.1, 0.15) is 51.5 Å². The number of anilines is 3. The van der Waals surface area contributed by atoms with Crippen molar-refractivity contribution in [1.82, 2.24) is 9.21 Å². The molecule has 0 spiro atoms. The van der Waals surface area contributed by atoms with Crippen LogP contribution in [-0.4, -0.2) is 86.5 Å². The molecule has 3 aromatic carbocycles. The maximum Gasteiger partial charge on any atom is 0.242 e. The Morgan fingerprint density at radius 1 is 1.04 bits per heavy atom. The number of nitrogens with zero attached hydrogens (tertiary/aromatic N) is 2. The lowest BCUT2D eigenvalue weighted by molar-refractivity contribution is -0.134. The summed E-state index contributed by atoms with van der Waals surface area (Å²) in [7, 11) is -0.898. The van der Waals surface area contributed by atoms with Gasteiger partial charge in [-0.3, -0.25) is 14.4 Å². The van der Waals surface area contributed by atoms with E-state index in [-0.39, 0.29) is 61.1 Å². The summed E-state index contributed by atoms with van der Waals surface area (Å²) in [5.74, 6) is 0.0494. The lowest BCUT2D eigenvalue weighted by atomic mass is 10.0. The minimum absolute atomic E-state index is 0.00896. The van der Waals surface area contributed by atoms with Gasteiger partial charge in [0.2, 0.25) is 27.7 Å². The molecule has 1 aliphatic rings. The molecular formula is C37H49N5O8S. The highest BCUT2D eigenvalue weighted by Gasteiger charge is 2.33. The van der Waals surface area contributed by atoms with Crippen LogP contribution in [0.3, 0.4) is 0 Å². The van der Waals surface area contributed by atoms with Gasteiger partial charge in [-0.25, -0.2) is 8.42 Å². The molecule has 0 unspecified atom stereocenters. The molecule has 0 fully saturated rings. The number of para-hydroxylation sites is 2. The summed E-state index contributed by atoms with van der Waals surface area (Å²) in [6.07, 6.45) is 1.73. The zero-order chi connectivity index (χ0) is 37.1. The Morgan fingerprint density at radius 3 is 2.35 bits per heavy atom. The number of fused-ring (bicyclic) bond motifs is 1.